The van der Waals surface area contributed by atoms with Crippen LogP contribution in [-0.2, 0) is 10.2 Å². The van der Waals surface area contributed by atoms with Gasteiger partial charge < -0.3 is 0 Å². The molecule has 0 aliphatic rings. The number of amides is 1. The number of carbonyl (C=O) groups is 1. The first-order valence-electron chi connectivity index (χ1n) is 5.96. The molecule has 5 nitrogen and oxygen atoms in total. The number of anilines is 1. The minimum Gasteiger partial charge on any atom is -0.292 e. The number of rotatable bonds is 3. The van der Waals surface area contributed by atoms with Crippen LogP contribution >= 0.6 is 11.6 Å². The molecule has 20 heavy (non-hydrogen) atoms. The zero-order chi connectivity index (χ0) is 14.9. The van der Waals surface area contributed by atoms with E-state index in [1.54, 1.807) is 26.8 Å². The van der Waals surface area contributed by atoms with E-state index in [9.17, 15) is 9.18 Å². The summed E-state index contributed by atoms with van der Waals surface area (Å²) in [5, 5.41) is 9.27. The Bertz CT molecular complexity index is 654. The number of aromatic amines is 1. The van der Waals surface area contributed by atoms with Crippen LogP contribution in [-0.4, -0.2) is 21.1 Å². The van der Waals surface area contributed by atoms with Crippen LogP contribution in [0.2, 0.25) is 5.02 Å². The van der Waals surface area contributed by atoms with Gasteiger partial charge in [0.05, 0.1) is 5.41 Å². The number of aryl methyl sites for hydroxylation is 1. The summed E-state index contributed by atoms with van der Waals surface area (Å²) < 4.78 is 13.9. The number of hydrogen-bond acceptors (Lipinski definition) is 3. The monoisotopic (exact) mass is 296 g/mol. The Morgan fingerprint density at radius 1 is 1.45 bits per heavy atom. The fraction of sp³-hybridized carbons (Fsp3) is 0.308. The maximum atomic E-state index is 13.9. The Morgan fingerprint density at radius 2 is 2.15 bits per heavy atom. The van der Waals surface area contributed by atoms with Crippen LogP contribution in [0, 0.1) is 12.7 Å². The highest BCUT2D eigenvalue weighted by Crippen LogP contribution is 2.28. The molecule has 2 aromatic rings. The van der Waals surface area contributed by atoms with Gasteiger partial charge in [0.15, 0.2) is 0 Å². The average Bonchev–Trinajstić information content (AvgIpc) is 2.74. The van der Waals surface area contributed by atoms with E-state index in [4.69, 9.17) is 11.6 Å². The van der Waals surface area contributed by atoms with E-state index >= 15 is 0 Å². The molecule has 0 unspecified atom stereocenters. The highest BCUT2D eigenvalue weighted by molar-refractivity contribution is 6.30. The van der Waals surface area contributed by atoms with Gasteiger partial charge >= 0.3 is 0 Å². The third kappa shape index (κ3) is 2.80. The predicted molar refractivity (Wildman–Crippen MR) is 74.2 cm³/mol. The van der Waals surface area contributed by atoms with Crippen LogP contribution in [0.4, 0.5) is 10.3 Å². The fourth-order valence-electron chi connectivity index (χ4n) is 1.78. The van der Waals surface area contributed by atoms with Crippen LogP contribution in [0.5, 0.6) is 0 Å². The molecule has 1 amide bonds. The molecule has 0 radical (unpaired) electrons. The van der Waals surface area contributed by atoms with Crippen molar-refractivity contribution in [1.82, 2.24) is 15.2 Å². The van der Waals surface area contributed by atoms with Crippen molar-refractivity contribution in [2.75, 3.05) is 5.32 Å². The van der Waals surface area contributed by atoms with E-state index in [1.807, 2.05) is 0 Å². The summed E-state index contributed by atoms with van der Waals surface area (Å²) in [5.41, 5.74) is -0.824. The molecule has 0 fully saturated rings. The first-order valence-corrected chi connectivity index (χ1v) is 6.34. The predicted octanol–water partition coefficient (Wildman–Crippen LogP) is 2.82. The van der Waals surface area contributed by atoms with E-state index in [0.717, 1.165) is 0 Å². The van der Waals surface area contributed by atoms with Gasteiger partial charge in [0, 0.05) is 10.6 Å². The number of nitrogens with one attached hydrogen (secondary N) is 2. The van der Waals surface area contributed by atoms with Crippen LogP contribution in [0.3, 0.4) is 0 Å². The zero-order valence-corrected chi connectivity index (χ0v) is 12.0. The van der Waals surface area contributed by atoms with E-state index < -0.39 is 17.1 Å². The Hall–Kier alpha value is -1.95. The normalized spacial score (nSPS) is 11.4. The Kier molecular flexibility index (Phi) is 3.76. The molecule has 2 rings (SSSR count). The van der Waals surface area contributed by atoms with Crippen molar-refractivity contribution in [3.05, 3.63) is 40.4 Å². The quantitative estimate of drug-likeness (QED) is 0.915. The molecule has 0 atom stereocenters. The molecule has 0 aliphatic carbocycles. The number of hydrogen-bond donors (Lipinski definition) is 2. The minimum atomic E-state index is -1.08. The van der Waals surface area contributed by atoms with Gasteiger partial charge in [-0.25, -0.2) is 4.39 Å². The van der Waals surface area contributed by atoms with E-state index in [1.165, 1.54) is 12.1 Å². The minimum absolute atomic E-state index is 0.162. The Labute approximate surface area is 120 Å². The van der Waals surface area contributed by atoms with Crippen molar-refractivity contribution in [1.29, 1.82) is 0 Å². The van der Waals surface area contributed by atoms with Crippen LogP contribution in [0.1, 0.15) is 25.2 Å². The van der Waals surface area contributed by atoms with Gasteiger partial charge in [-0.05, 0) is 32.9 Å². The molecule has 1 heterocycles. The van der Waals surface area contributed by atoms with Crippen LogP contribution in [0.25, 0.3) is 0 Å². The summed E-state index contributed by atoms with van der Waals surface area (Å²) in [5.74, 6) is -0.188. The summed E-state index contributed by atoms with van der Waals surface area (Å²) in [7, 11) is 0. The van der Waals surface area contributed by atoms with Gasteiger partial charge in [0.2, 0.25) is 11.9 Å². The summed E-state index contributed by atoms with van der Waals surface area (Å²) in [6, 6.07) is 4.23. The van der Waals surface area contributed by atoms with Gasteiger partial charge in [-0.3, -0.25) is 15.2 Å². The standard InChI is InChI=1S/C13H14ClFN4O/c1-7-16-12(19-18-7)17-11(20)13(2,3)9-5-4-8(14)6-10(9)15/h4-6H,1-3H3,(H2,16,17,18,19,20). The third-order valence-corrected chi connectivity index (χ3v) is 3.23. The molecule has 0 saturated carbocycles. The number of nitrogens with zero attached hydrogens (tertiary/aromatic N) is 2. The second-order valence-corrected chi connectivity index (χ2v) is 5.38. The van der Waals surface area contributed by atoms with Gasteiger partial charge in [-0.15, -0.1) is 5.10 Å². The molecular weight excluding hydrogens is 283 g/mol. The van der Waals surface area contributed by atoms with Gasteiger partial charge in [0.1, 0.15) is 11.6 Å². The van der Waals surface area contributed by atoms with E-state index in [-0.39, 0.29) is 16.5 Å². The molecule has 0 spiro atoms. The SMILES string of the molecule is Cc1nc(NC(=O)C(C)(C)c2ccc(Cl)cc2F)n[nH]1. The number of aromatic nitrogens is 3. The smallest absolute Gasteiger partial charge is 0.248 e. The lowest BCUT2D eigenvalue weighted by Crippen LogP contribution is -2.35. The summed E-state index contributed by atoms with van der Waals surface area (Å²) in [6.07, 6.45) is 0. The highest BCUT2D eigenvalue weighted by Gasteiger charge is 2.33. The lowest BCUT2D eigenvalue weighted by Gasteiger charge is -2.23. The van der Waals surface area contributed by atoms with Gasteiger partial charge in [-0.2, -0.15) is 4.98 Å². The van der Waals surface area contributed by atoms with Crippen molar-refractivity contribution in [2.45, 2.75) is 26.2 Å². The van der Waals surface area contributed by atoms with Crippen molar-refractivity contribution < 1.29 is 9.18 Å². The van der Waals surface area contributed by atoms with E-state index in [2.05, 4.69) is 20.5 Å². The topological polar surface area (TPSA) is 70.7 Å². The second-order valence-electron chi connectivity index (χ2n) is 4.95. The maximum Gasteiger partial charge on any atom is 0.248 e. The molecule has 1 aromatic heterocycles. The largest absolute Gasteiger partial charge is 0.292 e. The maximum absolute atomic E-state index is 13.9. The Morgan fingerprint density at radius 3 is 2.70 bits per heavy atom. The first-order chi connectivity index (χ1) is 9.30. The number of benzene rings is 1. The molecular formula is C13H14ClFN4O. The van der Waals surface area contributed by atoms with Crippen molar-refractivity contribution in [3.63, 3.8) is 0 Å². The average molecular weight is 297 g/mol. The number of H-pyrrole nitrogens is 1. The summed E-state index contributed by atoms with van der Waals surface area (Å²) in [6.45, 7) is 4.95. The lowest BCUT2D eigenvalue weighted by molar-refractivity contribution is -0.120. The van der Waals surface area contributed by atoms with Crippen molar-refractivity contribution in [3.8, 4) is 0 Å². The van der Waals surface area contributed by atoms with Crippen molar-refractivity contribution >= 4 is 23.5 Å². The second kappa shape index (κ2) is 5.20. The van der Waals surface area contributed by atoms with Crippen LogP contribution in [0.15, 0.2) is 18.2 Å². The fourth-order valence-corrected chi connectivity index (χ4v) is 1.93. The molecule has 0 bridgehead atoms. The molecule has 0 saturated heterocycles. The molecule has 7 heteroatoms. The Balaban J connectivity index is 2.26. The molecule has 1 aromatic carbocycles. The van der Waals surface area contributed by atoms with Gasteiger partial charge in [0.25, 0.3) is 0 Å². The number of carbonyl (C=O) groups excluding carboxylic acids is 1. The third-order valence-electron chi connectivity index (χ3n) is 2.99. The van der Waals surface area contributed by atoms with Crippen LogP contribution < -0.4 is 5.32 Å². The van der Waals surface area contributed by atoms with E-state index in [0.29, 0.717) is 5.82 Å². The molecule has 0 aliphatic heterocycles. The summed E-state index contributed by atoms with van der Waals surface area (Å²) in [4.78, 5) is 16.3. The lowest BCUT2D eigenvalue weighted by atomic mass is 9.83. The number of halogens is 2. The molecule has 2 N–H and O–H groups in total. The van der Waals surface area contributed by atoms with Gasteiger partial charge in [-0.1, -0.05) is 17.7 Å². The highest BCUT2D eigenvalue weighted by atomic mass is 35.5. The molecule has 106 valence electrons. The van der Waals surface area contributed by atoms with Crippen molar-refractivity contribution in [2.24, 2.45) is 0 Å². The zero-order valence-electron chi connectivity index (χ0n) is 11.3. The summed E-state index contributed by atoms with van der Waals surface area (Å²) >= 11 is 5.71. The first kappa shape index (κ1) is 14.5.